The Bertz CT molecular complexity index is 388. The molecule has 0 aliphatic heterocycles. The maximum absolute atomic E-state index is 11.3. The Kier molecular flexibility index (Phi) is 6.26. The Morgan fingerprint density at radius 3 is 2.72 bits per heavy atom. The molecule has 1 aromatic rings. The molecule has 0 aliphatic rings. The molecular formula is C15H23NO2. The van der Waals surface area contributed by atoms with Gasteiger partial charge >= 0.3 is 0 Å². The molecule has 18 heavy (non-hydrogen) atoms. The Hall–Kier alpha value is -1.51. The molecule has 0 heterocycles. The molecule has 0 atom stereocenters. The van der Waals surface area contributed by atoms with Gasteiger partial charge in [0.15, 0.2) is 0 Å². The standard InChI is InChI=1S/C15H23NO2/c1-4-6-15(17)16-10-9-13-7-8-14(18-5-2)12(3)11-13/h7-8,11H,4-6,9-10H2,1-3H3,(H,16,17). The van der Waals surface area contributed by atoms with E-state index >= 15 is 0 Å². The lowest BCUT2D eigenvalue weighted by atomic mass is 10.1. The minimum absolute atomic E-state index is 0.139. The largest absolute Gasteiger partial charge is 0.494 e. The fraction of sp³-hybridized carbons (Fsp3) is 0.533. The Morgan fingerprint density at radius 2 is 2.11 bits per heavy atom. The van der Waals surface area contributed by atoms with Crippen LogP contribution in [0.3, 0.4) is 0 Å². The zero-order valence-electron chi connectivity index (χ0n) is 11.6. The summed E-state index contributed by atoms with van der Waals surface area (Å²) in [4.78, 5) is 11.3. The van der Waals surface area contributed by atoms with Crippen LogP contribution < -0.4 is 10.1 Å². The van der Waals surface area contributed by atoms with Crippen LogP contribution in [0.25, 0.3) is 0 Å². The summed E-state index contributed by atoms with van der Waals surface area (Å²) < 4.78 is 5.50. The van der Waals surface area contributed by atoms with Crippen LogP contribution >= 0.6 is 0 Å². The van der Waals surface area contributed by atoms with Crippen LogP contribution in [-0.2, 0) is 11.2 Å². The predicted octanol–water partition coefficient (Wildman–Crippen LogP) is 2.85. The third-order valence-corrected chi connectivity index (χ3v) is 2.75. The van der Waals surface area contributed by atoms with E-state index in [-0.39, 0.29) is 5.91 Å². The van der Waals surface area contributed by atoms with Crippen LogP contribution in [-0.4, -0.2) is 19.1 Å². The van der Waals surface area contributed by atoms with E-state index < -0.39 is 0 Å². The second-order valence-electron chi connectivity index (χ2n) is 4.38. The van der Waals surface area contributed by atoms with Gasteiger partial charge in [-0.15, -0.1) is 0 Å². The Balaban J connectivity index is 2.43. The van der Waals surface area contributed by atoms with Crippen molar-refractivity contribution in [2.75, 3.05) is 13.2 Å². The molecule has 1 N–H and O–H groups in total. The molecule has 0 aromatic heterocycles. The number of aryl methyl sites for hydroxylation is 1. The molecule has 0 unspecified atom stereocenters. The van der Waals surface area contributed by atoms with E-state index in [4.69, 9.17) is 4.74 Å². The van der Waals surface area contributed by atoms with Gasteiger partial charge in [0.05, 0.1) is 6.61 Å². The molecule has 1 aromatic carbocycles. The molecule has 1 amide bonds. The van der Waals surface area contributed by atoms with Gasteiger partial charge in [0.1, 0.15) is 5.75 Å². The molecule has 0 spiro atoms. The van der Waals surface area contributed by atoms with Gasteiger partial charge in [-0.05, 0) is 43.9 Å². The number of amides is 1. The first-order chi connectivity index (χ1) is 8.67. The summed E-state index contributed by atoms with van der Waals surface area (Å²) >= 11 is 0. The van der Waals surface area contributed by atoms with Crippen molar-refractivity contribution in [3.63, 3.8) is 0 Å². The zero-order chi connectivity index (χ0) is 13.4. The average Bonchev–Trinajstić information content (AvgIpc) is 2.33. The van der Waals surface area contributed by atoms with Crippen molar-refractivity contribution in [2.45, 2.75) is 40.0 Å². The van der Waals surface area contributed by atoms with Crippen molar-refractivity contribution in [3.05, 3.63) is 29.3 Å². The first-order valence-electron chi connectivity index (χ1n) is 6.66. The highest BCUT2D eigenvalue weighted by Gasteiger charge is 2.02. The quantitative estimate of drug-likeness (QED) is 0.807. The van der Waals surface area contributed by atoms with Gasteiger partial charge < -0.3 is 10.1 Å². The Labute approximate surface area is 110 Å². The monoisotopic (exact) mass is 249 g/mol. The van der Waals surface area contributed by atoms with Crippen molar-refractivity contribution >= 4 is 5.91 Å². The van der Waals surface area contributed by atoms with Crippen molar-refractivity contribution in [1.82, 2.24) is 5.32 Å². The van der Waals surface area contributed by atoms with Crippen LogP contribution in [0.5, 0.6) is 5.75 Å². The average molecular weight is 249 g/mol. The first kappa shape index (κ1) is 14.6. The molecule has 3 nitrogen and oxygen atoms in total. The van der Waals surface area contributed by atoms with Gasteiger partial charge in [-0.3, -0.25) is 4.79 Å². The second kappa shape index (κ2) is 7.75. The van der Waals surface area contributed by atoms with E-state index in [9.17, 15) is 4.79 Å². The number of ether oxygens (including phenoxy) is 1. The van der Waals surface area contributed by atoms with E-state index in [1.54, 1.807) is 0 Å². The maximum atomic E-state index is 11.3. The summed E-state index contributed by atoms with van der Waals surface area (Å²) in [6.45, 7) is 7.43. The number of rotatable bonds is 7. The number of benzene rings is 1. The number of carbonyl (C=O) groups is 1. The number of nitrogens with one attached hydrogen (secondary N) is 1. The number of carbonyl (C=O) groups excluding carboxylic acids is 1. The minimum atomic E-state index is 0.139. The highest BCUT2D eigenvalue weighted by Crippen LogP contribution is 2.19. The lowest BCUT2D eigenvalue weighted by molar-refractivity contribution is -0.121. The third kappa shape index (κ3) is 4.78. The van der Waals surface area contributed by atoms with Crippen molar-refractivity contribution in [2.24, 2.45) is 0 Å². The summed E-state index contributed by atoms with van der Waals surface area (Å²) in [5.41, 5.74) is 2.38. The van der Waals surface area contributed by atoms with Gasteiger partial charge in [0.2, 0.25) is 5.91 Å². The highest BCUT2D eigenvalue weighted by atomic mass is 16.5. The number of hydrogen-bond donors (Lipinski definition) is 1. The molecule has 1 rings (SSSR count). The van der Waals surface area contributed by atoms with Crippen LogP contribution in [0.2, 0.25) is 0 Å². The molecular weight excluding hydrogens is 226 g/mol. The van der Waals surface area contributed by atoms with Gasteiger partial charge in [-0.2, -0.15) is 0 Å². The van der Waals surface area contributed by atoms with Crippen molar-refractivity contribution in [1.29, 1.82) is 0 Å². The smallest absolute Gasteiger partial charge is 0.219 e. The van der Waals surface area contributed by atoms with Gasteiger partial charge in [0, 0.05) is 13.0 Å². The van der Waals surface area contributed by atoms with Crippen molar-refractivity contribution in [3.8, 4) is 5.75 Å². The highest BCUT2D eigenvalue weighted by molar-refractivity contribution is 5.75. The second-order valence-corrected chi connectivity index (χ2v) is 4.38. The molecule has 0 saturated carbocycles. The molecule has 0 bridgehead atoms. The van der Waals surface area contributed by atoms with E-state index in [0.29, 0.717) is 19.6 Å². The van der Waals surface area contributed by atoms with Gasteiger partial charge in [-0.1, -0.05) is 19.1 Å². The third-order valence-electron chi connectivity index (χ3n) is 2.75. The lowest BCUT2D eigenvalue weighted by Crippen LogP contribution is -2.25. The molecule has 0 aliphatic carbocycles. The zero-order valence-corrected chi connectivity index (χ0v) is 11.6. The predicted molar refractivity (Wildman–Crippen MR) is 74.0 cm³/mol. The molecule has 0 fully saturated rings. The summed E-state index contributed by atoms with van der Waals surface area (Å²) in [5.74, 6) is 1.08. The molecule has 3 heteroatoms. The lowest BCUT2D eigenvalue weighted by Gasteiger charge is -2.09. The molecule has 100 valence electrons. The molecule has 0 saturated heterocycles. The normalized spacial score (nSPS) is 10.2. The van der Waals surface area contributed by atoms with E-state index in [1.165, 1.54) is 5.56 Å². The fourth-order valence-electron chi connectivity index (χ4n) is 1.85. The topological polar surface area (TPSA) is 38.3 Å². The van der Waals surface area contributed by atoms with E-state index in [2.05, 4.69) is 17.4 Å². The summed E-state index contributed by atoms with van der Waals surface area (Å²) in [6.07, 6.45) is 2.37. The van der Waals surface area contributed by atoms with Crippen LogP contribution in [0.1, 0.15) is 37.8 Å². The van der Waals surface area contributed by atoms with Crippen molar-refractivity contribution < 1.29 is 9.53 Å². The first-order valence-corrected chi connectivity index (χ1v) is 6.66. The summed E-state index contributed by atoms with van der Waals surface area (Å²) in [5, 5.41) is 2.92. The van der Waals surface area contributed by atoms with Gasteiger partial charge in [0.25, 0.3) is 0 Å². The number of hydrogen-bond acceptors (Lipinski definition) is 2. The summed E-state index contributed by atoms with van der Waals surface area (Å²) in [7, 11) is 0. The summed E-state index contributed by atoms with van der Waals surface area (Å²) in [6, 6.07) is 6.18. The van der Waals surface area contributed by atoms with Crippen LogP contribution in [0, 0.1) is 6.92 Å². The van der Waals surface area contributed by atoms with Crippen LogP contribution in [0.4, 0.5) is 0 Å². The van der Waals surface area contributed by atoms with Gasteiger partial charge in [-0.25, -0.2) is 0 Å². The SMILES string of the molecule is CCCC(=O)NCCc1ccc(OCC)c(C)c1. The van der Waals surface area contributed by atoms with Crippen LogP contribution in [0.15, 0.2) is 18.2 Å². The maximum Gasteiger partial charge on any atom is 0.219 e. The molecule has 0 radical (unpaired) electrons. The Morgan fingerprint density at radius 1 is 1.33 bits per heavy atom. The minimum Gasteiger partial charge on any atom is -0.494 e. The van der Waals surface area contributed by atoms with E-state index in [1.807, 2.05) is 26.8 Å². The fourth-order valence-corrected chi connectivity index (χ4v) is 1.85. The van der Waals surface area contributed by atoms with E-state index in [0.717, 1.165) is 24.2 Å².